The maximum Gasteiger partial charge on any atom is 0.287 e. The highest BCUT2D eigenvalue weighted by Crippen LogP contribution is 2.25. The SMILES string of the molecule is CCCCCc1nnc(NC(=O)c2ccc([N+](=O)[O-])c(Cl)c2)s1. The Morgan fingerprint density at radius 1 is 1.39 bits per heavy atom. The number of rotatable bonds is 7. The molecule has 122 valence electrons. The van der Waals surface area contributed by atoms with Gasteiger partial charge in [0.1, 0.15) is 10.0 Å². The van der Waals surface area contributed by atoms with Crippen LogP contribution in [0.15, 0.2) is 18.2 Å². The average molecular weight is 355 g/mol. The van der Waals surface area contributed by atoms with Crippen LogP contribution in [0, 0.1) is 10.1 Å². The summed E-state index contributed by atoms with van der Waals surface area (Å²) >= 11 is 7.12. The number of carbonyl (C=O) groups is 1. The molecular formula is C14H15ClN4O3S. The Balaban J connectivity index is 2.02. The van der Waals surface area contributed by atoms with Gasteiger partial charge in [0.2, 0.25) is 5.13 Å². The number of anilines is 1. The van der Waals surface area contributed by atoms with Gasteiger partial charge in [0.15, 0.2) is 0 Å². The molecule has 2 aromatic rings. The Labute approximate surface area is 141 Å². The number of aryl methyl sites for hydroxylation is 1. The first-order valence-electron chi connectivity index (χ1n) is 7.09. The van der Waals surface area contributed by atoms with Crippen LogP contribution in [-0.2, 0) is 6.42 Å². The fourth-order valence-corrected chi connectivity index (χ4v) is 2.92. The number of nitro benzene ring substituents is 1. The third kappa shape index (κ3) is 4.70. The fraction of sp³-hybridized carbons (Fsp3) is 0.357. The topological polar surface area (TPSA) is 98.0 Å². The predicted molar refractivity (Wildman–Crippen MR) is 89.2 cm³/mol. The number of halogens is 1. The summed E-state index contributed by atoms with van der Waals surface area (Å²) in [6, 6.07) is 3.81. The van der Waals surface area contributed by atoms with E-state index in [1.165, 1.54) is 29.5 Å². The molecular weight excluding hydrogens is 340 g/mol. The first kappa shape index (κ1) is 17.3. The Morgan fingerprint density at radius 3 is 2.83 bits per heavy atom. The highest BCUT2D eigenvalue weighted by Gasteiger charge is 2.16. The number of carbonyl (C=O) groups excluding carboxylic acids is 1. The van der Waals surface area contributed by atoms with E-state index in [1.54, 1.807) is 0 Å². The summed E-state index contributed by atoms with van der Waals surface area (Å²) in [5.41, 5.74) is -0.0133. The summed E-state index contributed by atoms with van der Waals surface area (Å²) in [7, 11) is 0. The zero-order chi connectivity index (χ0) is 16.8. The normalized spacial score (nSPS) is 10.5. The lowest BCUT2D eigenvalue weighted by Crippen LogP contribution is -2.11. The second kappa shape index (κ2) is 7.98. The number of nitro groups is 1. The van der Waals surface area contributed by atoms with Gasteiger partial charge in [-0.25, -0.2) is 0 Å². The van der Waals surface area contributed by atoms with Gasteiger partial charge in [-0.05, 0) is 18.6 Å². The molecule has 1 amide bonds. The van der Waals surface area contributed by atoms with Crippen molar-refractivity contribution in [1.29, 1.82) is 0 Å². The van der Waals surface area contributed by atoms with Gasteiger partial charge in [0.25, 0.3) is 11.6 Å². The number of aromatic nitrogens is 2. The van der Waals surface area contributed by atoms with E-state index in [2.05, 4.69) is 22.4 Å². The van der Waals surface area contributed by atoms with Crippen LogP contribution < -0.4 is 5.32 Å². The number of nitrogens with zero attached hydrogens (tertiary/aromatic N) is 3. The smallest absolute Gasteiger partial charge is 0.287 e. The van der Waals surface area contributed by atoms with E-state index in [1.807, 2.05) is 0 Å². The minimum Gasteiger partial charge on any atom is -0.296 e. The summed E-state index contributed by atoms with van der Waals surface area (Å²) in [6.45, 7) is 2.13. The number of benzene rings is 1. The highest BCUT2D eigenvalue weighted by molar-refractivity contribution is 7.15. The van der Waals surface area contributed by atoms with E-state index in [0.717, 1.165) is 30.7 Å². The zero-order valence-corrected chi connectivity index (χ0v) is 14.0. The van der Waals surface area contributed by atoms with Crippen molar-refractivity contribution < 1.29 is 9.72 Å². The summed E-state index contributed by atoms with van der Waals surface area (Å²) in [5, 5.41) is 22.5. The minimum absolute atomic E-state index is 0.0832. The van der Waals surface area contributed by atoms with Crippen molar-refractivity contribution in [2.24, 2.45) is 0 Å². The van der Waals surface area contributed by atoms with Crippen LogP contribution in [0.3, 0.4) is 0 Å². The average Bonchev–Trinajstić information content (AvgIpc) is 2.94. The molecule has 0 atom stereocenters. The number of hydrogen-bond donors (Lipinski definition) is 1. The molecule has 1 heterocycles. The van der Waals surface area contributed by atoms with E-state index >= 15 is 0 Å². The van der Waals surface area contributed by atoms with Gasteiger partial charge < -0.3 is 0 Å². The molecule has 9 heteroatoms. The first-order valence-corrected chi connectivity index (χ1v) is 8.28. The van der Waals surface area contributed by atoms with Crippen LogP contribution in [0.25, 0.3) is 0 Å². The molecule has 2 rings (SSSR count). The molecule has 0 spiro atoms. The molecule has 0 aliphatic heterocycles. The van der Waals surface area contributed by atoms with Gasteiger partial charge in [0.05, 0.1) is 4.92 Å². The molecule has 23 heavy (non-hydrogen) atoms. The molecule has 0 saturated heterocycles. The lowest BCUT2D eigenvalue weighted by Gasteiger charge is -2.02. The van der Waals surface area contributed by atoms with Crippen molar-refractivity contribution in [1.82, 2.24) is 10.2 Å². The molecule has 1 aromatic heterocycles. The molecule has 1 N–H and O–H groups in total. The third-order valence-electron chi connectivity index (χ3n) is 3.09. The Morgan fingerprint density at radius 2 is 2.17 bits per heavy atom. The molecule has 0 unspecified atom stereocenters. The van der Waals surface area contributed by atoms with Crippen molar-refractivity contribution in [3.05, 3.63) is 43.9 Å². The monoisotopic (exact) mass is 354 g/mol. The summed E-state index contributed by atoms with van der Waals surface area (Å²) in [5.74, 6) is -0.432. The Hall–Kier alpha value is -2.06. The number of nitrogens with one attached hydrogen (secondary N) is 1. The second-order valence-corrected chi connectivity index (χ2v) is 6.30. The van der Waals surface area contributed by atoms with Crippen LogP contribution in [0.2, 0.25) is 5.02 Å². The predicted octanol–water partition coefficient (Wildman–Crippen LogP) is 4.08. The molecule has 1 aromatic carbocycles. The fourth-order valence-electron chi connectivity index (χ4n) is 1.90. The quantitative estimate of drug-likeness (QED) is 0.458. The number of amides is 1. The molecule has 0 radical (unpaired) electrons. The van der Waals surface area contributed by atoms with Gasteiger partial charge >= 0.3 is 0 Å². The van der Waals surface area contributed by atoms with Crippen molar-refractivity contribution >= 4 is 39.7 Å². The van der Waals surface area contributed by atoms with Gasteiger partial charge in [0, 0.05) is 18.1 Å². The number of unbranched alkanes of at least 4 members (excludes halogenated alkanes) is 2. The van der Waals surface area contributed by atoms with E-state index in [4.69, 9.17) is 11.6 Å². The van der Waals surface area contributed by atoms with Crippen molar-refractivity contribution in [3.63, 3.8) is 0 Å². The Bertz CT molecular complexity index is 720. The van der Waals surface area contributed by atoms with E-state index < -0.39 is 10.8 Å². The van der Waals surface area contributed by atoms with E-state index in [-0.39, 0.29) is 16.3 Å². The maximum atomic E-state index is 12.1. The lowest BCUT2D eigenvalue weighted by molar-refractivity contribution is -0.384. The molecule has 0 bridgehead atoms. The largest absolute Gasteiger partial charge is 0.296 e. The van der Waals surface area contributed by atoms with Crippen LogP contribution in [0.1, 0.15) is 41.6 Å². The van der Waals surface area contributed by atoms with E-state index in [0.29, 0.717) is 5.13 Å². The molecule has 0 aliphatic rings. The van der Waals surface area contributed by atoms with E-state index in [9.17, 15) is 14.9 Å². The standard InChI is InChI=1S/C14H15ClN4O3S/c1-2-3-4-5-12-17-18-14(23-12)16-13(20)9-6-7-11(19(21)22)10(15)8-9/h6-8H,2-5H2,1H3,(H,16,18,20). The highest BCUT2D eigenvalue weighted by atomic mass is 35.5. The van der Waals surface area contributed by atoms with Gasteiger partial charge in [-0.2, -0.15) is 0 Å². The van der Waals surface area contributed by atoms with Crippen LogP contribution >= 0.6 is 22.9 Å². The van der Waals surface area contributed by atoms with Gasteiger partial charge in [-0.15, -0.1) is 10.2 Å². The molecule has 7 nitrogen and oxygen atoms in total. The summed E-state index contributed by atoms with van der Waals surface area (Å²) < 4.78 is 0. The molecule has 0 saturated carbocycles. The van der Waals surface area contributed by atoms with Crippen molar-refractivity contribution in [2.75, 3.05) is 5.32 Å². The summed E-state index contributed by atoms with van der Waals surface area (Å²) in [6.07, 6.45) is 4.13. The first-order chi connectivity index (χ1) is 11.0. The summed E-state index contributed by atoms with van der Waals surface area (Å²) in [4.78, 5) is 22.2. The van der Waals surface area contributed by atoms with Gasteiger partial charge in [-0.1, -0.05) is 42.7 Å². The van der Waals surface area contributed by atoms with Crippen LogP contribution in [0.4, 0.5) is 10.8 Å². The third-order valence-corrected chi connectivity index (χ3v) is 4.29. The van der Waals surface area contributed by atoms with Crippen LogP contribution in [-0.4, -0.2) is 21.0 Å². The van der Waals surface area contributed by atoms with Crippen molar-refractivity contribution in [3.8, 4) is 0 Å². The minimum atomic E-state index is -0.600. The number of hydrogen-bond acceptors (Lipinski definition) is 6. The maximum absolute atomic E-state index is 12.1. The van der Waals surface area contributed by atoms with Crippen LogP contribution in [0.5, 0.6) is 0 Å². The second-order valence-electron chi connectivity index (χ2n) is 4.84. The molecule has 0 aliphatic carbocycles. The van der Waals surface area contributed by atoms with Gasteiger partial charge in [-0.3, -0.25) is 20.2 Å². The zero-order valence-electron chi connectivity index (χ0n) is 12.4. The Kier molecular flexibility index (Phi) is 6.00. The van der Waals surface area contributed by atoms with Crippen molar-refractivity contribution in [2.45, 2.75) is 32.6 Å². The molecule has 0 fully saturated rings. The lowest BCUT2D eigenvalue weighted by atomic mass is 10.2.